The first-order chi connectivity index (χ1) is 13.1. The second kappa shape index (κ2) is 7.06. The van der Waals surface area contributed by atoms with Crippen molar-refractivity contribution in [2.45, 2.75) is 25.4 Å². The van der Waals surface area contributed by atoms with Gasteiger partial charge in [0.1, 0.15) is 5.38 Å². The van der Waals surface area contributed by atoms with E-state index in [0.717, 1.165) is 17.7 Å². The van der Waals surface area contributed by atoms with E-state index < -0.39 is 5.60 Å². The van der Waals surface area contributed by atoms with Crippen molar-refractivity contribution < 1.29 is 9.53 Å². The van der Waals surface area contributed by atoms with E-state index in [2.05, 4.69) is 53.8 Å². The zero-order chi connectivity index (χ0) is 18.9. The van der Waals surface area contributed by atoms with Crippen LogP contribution < -0.4 is 0 Å². The van der Waals surface area contributed by atoms with Gasteiger partial charge in [0.2, 0.25) is 0 Å². The summed E-state index contributed by atoms with van der Waals surface area (Å²) in [6.45, 7) is 1.83. The van der Waals surface area contributed by atoms with Crippen LogP contribution in [0.25, 0.3) is 15.0 Å². The molecule has 3 unspecified atom stereocenters. The highest BCUT2D eigenvalue weighted by atomic mass is 32.2. The summed E-state index contributed by atoms with van der Waals surface area (Å²) in [7, 11) is -0.159. The summed E-state index contributed by atoms with van der Waals surface area (Å²) in [4.78, 5) is 13.9. The van der Waals surface area contributed by atoms with Crippen LogP contribution >= 0.6 is 10.5 Å². The minimum absolute atomic E-state index is 0.0705. The molecule has 3 aromatic rings. The number of hydrogen-bond donors (Lipinski definition) is 0. The smallest absolute Gasteiger partial charge is 0.339 e. The number of allylic oxidation sites excluding steroid dienone is 1. The SMILES string of the molecule is C#CC(C)(OC(=O)c1cccc(-[s+]2ccc3ccccc32)c1)C1C=CCC1. The highest BCUT2D eigenvalue weighted by Crippen LogP contribution is 2.40. The molecule has 0 amide bonds. The Bertz CT molecular complexity index is 1070. The zero-order valence-corrected chi connectivity index (χ0v) is 16.0. The number of thiophene rings is 1. The molecule has 1 heterocycles. The molecule has 0 bridgehead atoms. The summed E-state index contributed by atoms with van der Waals surface area (Å²) in [5, 5.41) is 3.44. The predicted octanol–water partition coefficient (Wildman–Crippen LogP) is 6.09. The molecule has 134 valence electrons. The topological polar surface area (TPSA) is 26.3 Å². The van der Waals surface area contributed by atoms with E-state index in [4.69, 9.17) is 11.2 Å². The van der Waals surface area contributed by atoms with Crippen LogP contribution in [0.3, 0.4) is 0 Å². The number of hydrogen-bond acceptors (Lipinski definition) is 2. The van der Waals surface area contributed by atoms with Crippen molar-refractivity contribution in [1.82, 2.24) is 0 Å². The first kappa shape index (κ1) is 17.6. The van der Waals surface area contributed by atoms with E-state index in [-0.39, 0.29) is 22.4 Å². The van der Waals surface area contributed by atoms with Gasteiger partial charge in [-0.15, -0.1) is 6.42 Å². The van der Waals surface area contributed by atoms with Gasteiger partial charge >= 0.3 is 5.97 Å². The lowest BCUT2D eigenvalue weighted by Gasteiger charge is -2.29. The molecule has 0 radical (unpaired) electrons. The van der Waals surface area contributed by atoms with Crippen LogP contribution in [0.2, 0.25) is 0 Å². The Morgan fingerprint density at radius 1 is 1.22 bits per heavy atom. The quantitative estimate of drug-likeness (QED) is 0.239. The molecule has 0 fully saturated rings. The second-order valence-electron chi connectivity index (χ2n) is 6.96. The van der Waals surface area contributed by atoms with E-state index in [0.29, 0.717) is 5.56 Å². The third-order valence-corrected chi connectivity index (χ3v) is 7.19. The van der Waals surface area contributed by atoms with Gasteiger partial charge in [0.15, 0.2) is 15.2 Å². The Morgan fingerprint density at radius 2 is 2.07 bits per heavy atom. The second-order valence-corrected chi connectivity index (χ2v) is 8.82. The Labute approximate surface area is 162 Å². The number of benzene rings is 2. The van der Waals surface area contributed by atoms with Crippen LogP contribution in [0, 0.1) is 18.3 Å². The molecule has 27 heavy (non-hydrogen) atoms. The van der Waals surface area contributed by atoms with Crippen LogP contribution in [-0.4, -0.2) is 11.6 Å². The normalized spacial score (nSPS) is 18.8. The lowest BCUT2D eigenvalue weighted by Crippen LogP contribution is -2.36. The fraction of sp³-hybridized carbons (Fsp3) is 0.208. The van der Waals surface area contributed by atoms with Crippen molar-refractivity contribution in [3.63, 3.8) is 0 Å². The Hall–Kier alpha value is -2.83. The zero-order valence-electron chi connectivity index (χ0n) is 15.2. The van der Waals surface area contributed by atoms with Crippen molar-refractivity contribution in [2.24, 2.45) is 5.92 Å². The molecule has 0 saturated heterocycles. The maximum atomic E-state index is 12.8. The standard InChI is InChI=1S/C24H21O2S/c1-3-24(2,20-11-5-6-12-20)26-23(25)19-10-8-13-21(17-19)27-16-15-18-9-4-7-14-22(18)27/h1,4-5,7-11,13-17,20H,6,12H2,2H3/q+1. The van der Waals surface area contributed by atoms with Crippen molar-refractivity contribution >= 4 is 26.5 Å². The molecule has 0 saturated carbocycles. The largest absolute Gasteiger partial charge is 0.442 e. The van der Waals surface area contributed by atoms with Gasteiger partial charge in [0, 0.05) is 33.9 Å². The molecule has 4 rings (SSSR count). The fourth-order valence-corrected chi connectivity index (χ4v) is 5.49. The molecule has 0 aliphatic heterocycles. The van der Waals surface area contributed by atoms with Gasteiger partial charge in [-0.3, -0.25) is 0 Å². The van der Waals surface area contributed by atoms with Crippen LogP contribution in [-0.2, 0) is 4.74 Å². The maximum Gasteiger partial charge on any atom is 0.339 e. The summed E-state index contributed by atoms with van der Waals surface area (Å²) < 4.78 is 7.09. The first-order valence-corrected chi connectivity index (χ1v) is 10.4. The number of rotatable bonds is 4. The summed E-state index contributed by atoms with van der Waals surface area (Å²) in [5.41, 5.74) is -0.372. The van der Waals surface area contributed by atoms with E-state index in [1.807, 2.05) is 25.1 Å². The monoisotopic (exact) mass is 373 g/mol. The van der Waals surface area contributed by atoms with Gasteiger partial charge in [-0.2, -0.15) is 0 Å². The van der Waals surface area contributed by atoms with Crippen molar-refractivity contribution in [3.8, 4) is 17.2 Å². The van der Waals surface area contributed by atoms with Gasteiger partial charge in [0.25, 0.3) is 0 Å². The first-order valence-electron chi connectivity index (χ1n) is 9.09. The van der Waals surface area contributed by atoms with Crippen molar-refractivity contribution in [2.75, 3.05) is 0 Å². The van der Waals surface area contributed by atoms with Crippen molar-refractivity contribution in [3.05, 3.63) is 77.7 Å². The third kappa shape index (κ3) is 3.29. The average molecular weight is 373 g/mol. The molecule has 3 atom stereocenters. The molecule has 0 N–H and O–H groups in total. The molecular weight excluding hydrogens is 352 g/mol. The molecule has 2 aromatic carbocycles. The highest BCUT2D eigenvalue weighted by molar-refractivity contribution is 7.43. The number of carbonyl (C=O) groups is 1. The Balaban J connectivity index is 1.63. The van der Waals surface area contributed by atoms with E-state index in [1.165, 1.54) is 10.1 Å². The highest BCUT2D eigenvalue weighted by Gasteiger charge is 2.36. The summed E-state index contributed by atoms with van der Waals surface area (Å²) in [6.07, 6.45) is 11.8. The average Bonchev–Trinajstić information content (AvgIpc) is 3.38. The minimum Gasteiger partial charge on any atom is -0.442 e. The van der Waals surface area contributed by atoms with E-state index in [1.54, 1.807) is 6.07 Å². The molecule has 2 nitrogen and oxygen atoms in total. The molecule has 1 aliphatic carbocycles. The van der Waals surface area contributed by atoms with Crippen LogP contribution in [0.5, 0.6) is 0 Å². The van der Waals surface area contributed by atoms with Crippen LogP contribution in [0.1, 0.15) is 30.1 Å². The Kier molecular flexibility index (Phi) is 4.59. The van der Waals surface area contributed by atoms with Crippen molar-refractivity contribution in [1.29, 1.82) is 0 Å². The molecule has 1 aliphatic rings. The van der Waals surface area contributed by atoms with E-state index in [9.17, 15) is 4.79 Å². The van der Waals surface area contributed by atoms with Crippen LogP contribution in [0.15, 0.2) is 72.1 Å². The van der Waals surface area contributed by atoms with Gasteiger partial charge in [-0.25, -0.2) is 4.79 Å². The fourth-order valence-electron chi connectivity index (χ4n) is 3.55. The van der Waals surface area contributed by atoms with Gasteiger partial charge in [-0.1, -0.05) is 36.3 Å². The number of ether oxygens (including phenoxy) is 1. The number of esters is 1. The third-order valence-electron chi connectivity index (χ3n) is 5.17. The molecule has 0 spiro atoms. The predicted molar refractivity (Wildman–Crippen MR) is 112 cm³/mol. The summed E-state index contributed by atoms with van der Waals surface area (Å²) in [5.74, 6) is 2.41. The maximum absolute atomic E-state index is 12.8. The number of terminal acetylenes is 1. The minimum atomic E-state index is -0.914. The Morgan fingerprint density at radius 3 is 2.85 bits per heavy atom. The molecular formula is C24H21O2S+. The van der Waals surface area contributed by atoms with Gasteiger partial charge in [-0.05, 0) is 44.0 Å². The lowest BCUT2D eigenvalue weighted by atomic mass is 9.89. The number of carbonyl (C=O) groups excluding carboxylic acids is 1. The summed E-state index contributed by atoms with van der Waals surface area (Å²) in [6, 6.07) is 18.2. The van der Waals surface area contributed by atoms with Crippen LogP contribution in [0.4, 0.5) is 0 Å². The summed E-state index contributed by atoms with van der Waals surface area (Å²) >= 11 is 0. The lowest BCUT2D eigenvalue weighted by molar-refractivity contribution is -0.000687. The molecule has 3 heteroatoms. The molecule has 1 aromatic heterocycles. The number of fused-ring (bicyclic) bond motifs is 1. The van der Waals surface area contributed by atoms with E-state index >= 15 is 0 Å². The van der Waals surface area contributed by atoms with Gasteiger partial charge < -0.3 is 4.74 Å². The van der Waals surface area contributed by atoms with Gasteiger partial charge in [0.05, 0.1) is 5.56 Å².